The predicted molar refractivity (Wildman–Crippen MR) is 67.6 cm³/mol. The third-order valence-corrected chi connectivity index (χ3v) is 2.62. The van der Waals surface area contributed by atoms with E-state index < -0.39 is 0 Å². The van der Waals surface area contributed by atoms with E-state index in [2.05, 4.69) is 10.2 Å². The van der Waals surface area contributed by atoms with Gasteiger partial charge in [-0.1, -0.05) is 11.5 Å². The molecule has 2 aliphatic heterocycles. The van der Waals surface area contributed by atoms with Gasteiger partial charge in [-0.3, -0.25) is 0 Å². The molecule has 2 aliphatic rings. The molecular formula is C10H8B3N2O2. The molecule has 2 atom stereocenters. The molecule has 0 bridgehead atoms. The minimum absolute atomic E-state index is 0.254. The molecule has 0 saturated heterocycles. The predicted octanol–water partition coefficient (Wildman–Crippen LogP) is -1.31. The lowest BCUT2D eigenvalue weighted by molar-refractivity contribution is 0.133. The Morgan fingerprint density at radius 3 is 3.06 bits per heavy atom. The van der Waals surface area contributed by atoms with Crippen LogP contribution < -0.4 is 20.3 Å². The fraction of sp³-hybridized carbons (Fsp3) is 0.300. The molecule has 0 aromatic heterocycles. The Morgan fingerprint density at radius 1 is 1.41 bits per heavy atom. The van der Waals surface area contributed by atoms with Crippen molar-refractivity contribution in [3.8, 4) is 11.5 Å². The van der Waals surface area contributed by atoms with Crippen molar-refractivity contribution in [3.05, 3.63) is 18.2 Å². The normalized spacial score (nSPS) is 25.8. The smallest absolute Gasteiger partial charge is 0.291 e. The Kier molecular flexibility index (Phi) is 2.54. The van der Waals surface area contributed by atoms with E-state index in [1.807, 2.05) is 0 Å². The minimum Gasteiger partial charge on any atom is -0.485 e. The lowest BCUT2D eigenvalue weighted by atomic mass is 9.71. The average Bonchev–Trinajstić information content (AvgIpc) is 2.75. The highest BCUT2D eigenvalue weighted by Gasteiger charge is 2.28. The van der Waals surface area contributed by atoms with Gasteiger partial charge in [-0.15, -0.1) is 0 Å². The van der Waals surface area contributed by atoms with E-state index in [1.165, 1.54) is 0 Å². The van der Waals surface area contributed by atoms with Crippen molar-refractivity contribution in [2.24, 2.45) is 4.90 Å². The Hall–Kier alpha value is -1.52. The zero-order valence-electron chi connectivity index (χ0n) is 9.09. The summed E-state index contributed by atoms with van der Waals surface area (Å²) in [7, 11) is 13.0. The zero-order valence-corrected chi connectivity index (χ0v) is 9.09. The third-order valence-electron chi connectivity index (χ3n) is 2.62. The van der Waals surface area contributed by atoms with Crippen molar-refractivity contribution in [2.45, 2.75) is 11.9 Å². The maximum Gasteiger partial charge on any atom is 0.291 e. The molecule has 2 unspecified atom stereocenters. The standard InChI is InChI=1S/C10H8B3N2O2/c11-5-1-2-6-7(3-5)17-8(4-16-6)9-14-10(12)13-15-9/h1-3,8,10H,4H2,(H,14,15). The maximum absolute atomic E-state index is 5.77. The second-order valence-corrected chi connectivity index (χ2v) is 3.96. The molecule has 0 saturated carbocycles. The summed E-state index contributed by atoms with van der Waals surface area (Å²) in [6, 6.07) is 5.31. The first-order valence-electron chi connectivity index (χ1n) is 5.34. The molecule has 3 rings (SSSR count). The molecule has 5 radical (unpaired) electrons. The van der Waals surface area contributed by atoms with Gasteiger partial charge < -0.3 is 19.7 Å². The number of hydrogen-bond donors (Lipinski definition) is 1. The number of amidine groups is 1. The van der Waals surface area contributed by atoms with Gasteiger partial charge in [0.1, 0.15) is 20.3 Å². The summed E-state index contributed by atoms with van der Waals surface area (Å²) in [5.41, 5.74) is 0.637. The van der Waals surface area contributed by atoms with Crippen LogP contribution in [-0.2, 0) is 0 Å². The van der Waals surface area contributed by atoms with Crippen molar-refractivity contribution in [1.82, 2.24) is 5.32 Å². The maximum atomic E-state index is 5.77. The monoisotopic (exact) mass is 221 g/mol. The van der Waals surface area contributed by atoms with Crippen molar-refractivity contribution in [3.63, 3.8) is 0 Å². The van der Waals surface area contributed by atoms with Crippen LogP contribution in [0.4, 0.5) is 0 Å². The Morgan fingerprint density at radius 2 is 2.29 bits per heavy atom. The average molecular weight is 221 g/mol. The van der Waals surface area contributed by atoms with E-state index in [0.717, 1.165) is 0 Å². The number of nitrogens with one attached hydrogen (secondary N) is 1. The fourth-order valence-corrected chi connectivity index (χ4v) is 1.81. The molecule has 0 aliphatic carbocycles. The minimum atomic E-state index is -0.269. The molecule has 1 aromatic carbocycles. The van der Waals surface area contributed by atoms with Crippen LogP contribution in [0.2, 0.25) is 0 Å². The Bertz CT molecular complexity index is 481. The second kappa shape index (κ2) is 4.06. The van der Waals surface area contributed by atoms with E-state index in [1.54, 1.807) is 25.6 Å². The summed E-state index contributed by atoms with van der Waals surface area (Å²) < 4.78 is 11.4. The Balaban J connectivity index is 1.80. The molecule has 17 heavy (non-hydrogen) atoms. The molecule has 1 aromatic rings. The molecule has 0 fully saturated rings. The number of fused-ring (bicyclic) bond motifs is 1. The molecule has 79 valence electrons. The van der Waals surface area contributed by atoms with Crippen LogP contribution in [0.1, 0.15) is 0 Å². The van der Waals surface area contributed by atoms with Gasteiger partial charge in [0, 0.05) is 0 Å². The van der Waals surface area contributed by atoms with Gasteiger partial charge in [-0.2, -0.15) is 0 Å². The zero-order chi connectivity index (χ0) is 11.8. The van der Waals surface area contributed by atoms with Crippen LogP contribution in [-0.4, -0.2) is 47.5 Å². The summed E-state index contributed by atoms with van der Waals surface area (Å²) in [6.07, 6.45) is -0.269. The quantitative estimate of drug-likeness (QED) is 0.598. The number of nitrogens with zero attached hydrogens (tertiary/aromatic N) is 1. The first-order chi connectivity index (χ1) is 8.22. The summed E-state index contributed by atoms with van der Waals surface area (Å²) in [5.74, 6) is 1.76. The number of benzene rings is 1. The molecule has 0 amide bonds. The Labute approximate surface area is 103 Å². The van der Waals surface area contributed by atoms with Crippen molar-refractivity contribution in [1.29, 1.82) is 0 Å². The lowest BCUT2D eigenvalue weighted by Gasteiger charge is -2.27. The SMILES string of the molecule is [B]c1ccc2c(c1)OC(C1=N[B]C([B])N1)CO2. The summed E-state index contributed by atoms with van der Waals surface area (Å²) >= 11 is 0. The molecular weight excluding hydrogens is 213 g/mol. The van der Waals surface area contributed by atoms with Gasteiger partial charge in [-0.25, -0.2) is 0 Å². The van der Waals surface area contributed by atoms with Gasteiger partial charge in [-0.05, 0) is 18.0 Å². The number of hydrogen-bond acceptors (Lipinski definition) is 4. The molecule has 4 nitrogen and oxygen atoms in total. The van der Waals surface area contributed by atoms with E-state index in [-0.39, 0.29) is 11.9 Å². The summed E-state index contributed by atoms with van der Waals surface area (Å²) in [4.78, 5) is 4.16. The van der Waals surface area contributed by atoms with Crippen molar-refractivity contribution in [2.75, 3.05) is 6.61 Å². The van der Waals surface area contributed by atoms with Gasteiger partial charge in [0.15, 0.2) is 17.6 Å². The molecule has 1 N–H and O–H groups in total. The first-order valence-corrected chi connectivity index (χ1v) is 5.34. The topological polar surface area (TPSA) is 42.8 Å². The third kappa shape index (κ3) is 2.01. The summed E-state index contributed by atoms with van der Waals surface area (Å²) in [6.45, 7) is 0.406. The molecule has 2 heterocycles. The number of ether oxygens (including phenoxy) is 2. The van der Waals surface area contributed by atoms with E-state index in [9.17, 15) is 0 Å². The van der Waals surface area contributed by atoms with E-state index >= 15 is 0 Å². The van der Waals surface area contributed by atoms with Crippen LogP contribution in [0.25, 0.3) is 0 Å². The van der Waals surface area contributed by atoms with Crippen LogP contribution >= 0.6 is 0 Å². The van der Waals surface area contributed by atoms with E-state index in [4.69, 9.17) is 25.2 Å². The van der Waals surface area contributed by atoms with Gasteiger partial charge in [0.25, 0.3) is 7.41 Å². The molecule has 0 spiro atoms. The second-order valence-electron chi connectivity index (χ2n) is 3.96. The summed E-state index contributed by atoms with van der Waals surface area (Å²) in [5, 5.41) is 3.00. The lowest BCUT2D eigenvalue weighted by Crippen LogP contribution is -2.45. The van der Waals surface area contributed by atoms with Crippen LogP contribution in [0.3, 0.4) is 0 Å². The first kappa shape index (κ1) is 10.6. The van der Waals surface area contributed by atoms with E-state index in [0.29, 0.717) is 29.4 Å². The van der Waals surface area contributed by atoms with Crippen LogP contribution in [0.15, 0.2) is 23.1 Å². The highest BCUT2D eigenvalue weighted by molar-refractivity contribution is 6.53. The molecule has 7 heteroatoms. The number of rotatable bonds is 1. The van der Waals surface area contributed by atoms with Crippen molar-refractivity contribution >= 4 is 34.4 Å². The van der Waals surface area contributed by atoms with Gasteiger partial charge >= 0.3 is 0 Å². The largest absolute Gasteiger partial charge is 0.485 e. The van der Waals surface area contributed by atoms with Crippen molar-refractivity contribution < 1.29 is 9.47 Å². The highest BCUT2D eigenvalue weighted by atomic mass is 16.6. The van der Waals surface area contributed by atoms with Gasteiger partial charge in [0.2, 0.25) is 0 Å². The van der Waals surface area contributed by atoms with Crippen LogP contribution in [0, 0.1) is 0 Å². The van der Waals surface area contributed by atoms with Crippen LogP contribution in [0.5, 0.6) is 11.5 Å². The van der Waals surface area contributed by atoms with Gasteiger partial charge in [0.05, 0.1) is 7.85 Å². The fourth-order valence-electron chi connectivity index (χ4n) is 1.81. The highest BCUT2D eigenvalue weighted by Crippen LogP contribution is 2.30.